The Bertz CT molecular complexity index is 427. The molecule has 0 saturated carbocycles. The fourth-order valence-corrected chi connectivity index (χ4v) is 2.19. The minimum atomic E-state index is -0.639. The molecule has 112 valence electrons. The molecule has 1 fully saturated rings. The third-order valence-corrected chi connectivity index (χ3v) is 3.39. The summed E-state index contributed by atoms with van der Waals surface area (Å²) in [6, 6.07) is 4.34. The summed E-state index contributed by atoms with van der Waals surface area (Å²) in [5, 5.41) is 12.8. The van der Waals surface area contributed by atoms with Gasteiger partial charge in [0.25, 0.3) is 0 Å². The Morgan fingerprint density at radius 3 is 3.10 bits per heavy atom. The zero-order valence-corrected chi connectivity index (χ0v) is 11.9. The van der Waals surface area contributed by atoms with E-state index < -0.39 is 11.9 Å². The van der Waals surface area contributed by atoms with E-state index >= 15 is 0 Å². The topological polar surface area (TPSA) is 50.7 Å². The number of ether oxygens (including phenoxy) is 2. The summed E-state index contributed by atoms with van der Waals surface area (Å²) in [6.07, 6.45) is 1.61. The average molecular weight is 304 g/mol. The van der Waals surface area contributed by atoms with E-state index in [2.05, 4.69) is 5.32 Å². The fourth-order valence-electron chi connectivity index (χ4n) is 2.01. The minimum Gasteiger partial charge on any atom is -0.389 e. The van der Waals surface area contributed by atoms with E-state index in [1.165, 1.54) is 12.1 Å². The van der Waals surface area contributed by atoms with E-state index in [0.717, 1.165) is 19.4 Å². The van der Waals surface area contributed by atoms with Crippen LogP contribution in [0.1, 0.15) is 12.8 Å². The largest absolute Gasteiger partial charge is 0.389 e. The quantitative estimate of drug-likeness (QED) is 0.812. The highest BCUT2D eigenvalue weighted by Crippen LogP contribution is 2.19. The molecule has 0 spiro atoms. The Hall–Kier alpha value is -0.880. The molecule has 0 aromatic heterocycles. The third kappa shape index (κ3) is 4.90. The van der Waals surface area contributed by atoms with Gasteiger partial charge in [0.2, 0.25) is 0 Å². The van der Waals surface area contributed by atoms with Crippen molar-refractivity contribution in [3.8, 4) is 0 Å². The smallest absolute Gasteiger partial charge is 0.141 e. The molecule has 1 aliphatic rings. The number of aliphatic hydroxyl groups is 1. The molecule has 1 aromatic carbocycles. The van der Waals surface area contributed by atoms with Gasteiger partial charge in [-0.3, -0.25) is 0 Å². The van der Waals surface area contributed by atoms with Crippen molar-refractivity contribution < 1.29 is 19.0 Å². The molecule has 0 bridgehead atoms. The summed E-state index contributed by atoms with van der Waals surface area (Å²) >= 11 is 5.67. The predicted octanol–water partition coefficient (Wildman–Crippen LogP) is 2.45. The molecule has 2 rings (SSSR count). The van der Waals surface area contributed by atoms with Crippen LogP contribution in [-0.4, -0.2) is 43.7 Å². The van der Waals surface area contributed by atoms with Crippen LogP contribution in [0.5, 0.6) is 0 Å². The molecule has 0 radical (unpaired) electrons. The summed E-state index contributed by atoms with van der Waals surface area (Å²) in [7, 11) is 0. The molecule has 1 saturated heterocycles. The van der Waals surface area contributed by atoms with Gasteiger partial charge in [0.15, 0.2) is 0 Å². The number of benzene rings is 1. The van der Waals surface area contributed by atoms with Gasteiger partial charge in [-0.15, -0.1) is 0 Å². The van der Waals surface area contributed by atoms with E-state index in [4.69, 9.17) is 21.1 Å². The van der Waals surface area contributed by atoms with Crippen molar-refractivity contribution in [1.82, 2.24) is 0 Å². The lowest BCUT2D eigenvalue weighted by molar-refractivity contribution is -0.0137. The molecule has 4 nitrogen and oxygen atoms in total. The van der Waals surface area contributed by atoms with E-state index in [9.17, 15) is 9.50 Å². The van der Waals surface area contributed by atoms with E-state index in [1.807, 2.05) is 0 Å². The van der Waals surface area contributed by atoms with E-state index in [-0.39, 0.29) is 17.7 Å². The molecule has 6 heteroatoms. The van der Waals surface area contributed by atoms with Crippen LogP contribution in [0.2, 0.25) is 5.02 Å². The van der Waals surface area contributed by atoms with Gasteiger partial charge in [-0.1, -0.05) is 11.6 Å². The molecule has 1 aromatic rings. The summed E-state index contributed by atoms with van der Waals surface area (Å²) < 4.78 is 23.8. The second kappa shape index (κ2) is 7.78. The molecule has 2 atom stereocenters. The van der Waals surface area contributed by atoms with Crippen LogP contribution >= 0.6 is 11.6 Å². The molecule has 0 aliphatic carbocycles. The fraction of sp³-hybridized carbons (Fsp3) is 0.571. The van der Waals surface area contributed by atoms with Gasteiger partial charge in [-0.25, -0.2) is 4.39 Å². The second-order valence-corrected chi connectivity index (χ2v) is 5.24. The number of hydrogen-bond donors (Lipinski definition) is 2. The van der Waals surface area contributed by atoms with Crippen LogP contribution in [-0.2, 0) is 9.47 Å². The summed E-state index contributed by atoms with van der Waals surface area (Å²) in [5.74, 6) is -0.460. The third-order valence-electron chi connectivity index (χ3n) is 3.10. The number of nitrogens with one attached hydrogen (secondary N) is 1. The lowest BCUT2D eigenvalue weighted by Crippen LogP contribution is -2.27. The van der Waals surface area contributed by atoms with Crippen LogP contribution in [0.25, 0.3) is 0 Å². The molecule has 2 N–H and O–H groups in total. The maximum atomic E-state index is 13.0. The number of hydrogen-bond acceptors (Lipinski definition) is 4. The number of aliphatic hydroxyl groups excluding tert-OH is 1. The molecule has 20 heavy (non-hydrogen) atoms. The Morgan fingerprint density at radius 2 is 2.40 bits per heavy atom. The highest BCUT2D eigenvalue weighted by atomic mass is 35.5. The van der Waals surface area contributed by atoms with Crippen molar-refractivity contribution in [1.29, 1.82) is 0 Å². The molecule has 2 unspecified atom stereocenters. The Balaban J connectivity index is 1.63. The van der Waals surface area contributed by atoms with Gasteiger partial charge < -0.3 is 19.9 Å². The van der Waals surface area contributed by atoms with Crippen molar-refractivity contribution >= 4 is 17.3 Å². The Labute approximate surface area is 122 Å². The van der Waals surface area contributed by atoms with Crippen LogP contribution in [0.4, 0.5) is 10.1 Å². The zero-order chi connectivity index (χ0) is 14.4. The zero-order valence-electron chi connectivity index (χ0n) is 11.1. The maximum absolute atomic E-state index is 13.0. The number of halogens is 2. The average Bonchev–Trinajstić information content (AvgIpc) is 2.93. The second-order valence-electron chi connectivity index (χ2n) is 4.84. The molecule has 1 heterocycles. The van der Waals surface area contributed by atoms with E-state index in [1.54, 1.807) is 6.07 Å². The molecular formula is C14H19ClFNO3. The normalized spacial score (nSPS) is 20.1. The van der Waals surface area contributed by atoms with Gasteiger partial charge in [-0.2, -0.15) is 0 Å². The standard InChI is InChI=1S/C14H19ClFNO3/c15-13-6-10(3-4-14(13)16)17-7-11(18)8-19-9-12-2-1-5-20-12/h3-4,6,11-12,17-18H,1-2,5,7-9H2. The molecule has 0 amide bonds. The summed E-state index contributed by atoms with van der Waals surface area (Å²) in [4.78, 5) is 0. The molecule has 1 aliphatic heterocycles. The van der Waals surface area contributed by atoms with Crippen molar-refractivity contribution in [3.05, 3.63) is 29.0 Å². The Kier molecular flexibility index (Phi) is 6.04. The first kappa shape index (κ1) is 15.5. The highest BCUT2D eigenvalue weighted by molar-refractivity contribution is 6.31. The highest BCUT2D eigenvalue weighted by Gasteiger charge is 2.16. The monoisotopic (exact) mass is 303 g/mol. The van der Waals surface area contributed by atoms with Crippen LogP contribution in [0.3, 0.4) is 0 Å². The summed E-state index contributed by atoms with van der Waals surface area (Å²) in [6.45, 7) is 1.86. The van der Waals surface area contributed by atoms with Gasteiger partial charge in [0, 0.05) is 18.8 Å². The first-order valence-corrected chi connectivity index (χ1v) is 7.09. The lowest BCUT2D eigenvalue weighted by Gasteiger charge is -2.15. The van der Waals surface area contributed by atoms with Crippen molar-refractivity contribution in [3.63, 3.8) is 0 Å². The maximum Gasteiger partial charge on any atom is 0.141 e. The SMILES string of the molecule is OC(CNc1ccc(F)c(Cl)c1)COCC1CCCO1. The predicted molar refractivity (Wildman–Crippen MR) is 75.7 cm³/mol. The van der Waals surface area contributed by atoms with Gasteiger partial charge in [0.05, 0.1) is 30.4 Å². The van der Waals surface area contributed by atoms with Crippen molar-refractivity contribution in [2.45, 2.75) is 25.0 Å². The number of rotatable bonds is 7. The van der Waals surface area contributed by atoms with Crippen LogP contribution < -0.4 is 5.32 Å². The van der Waals surface area contributed by atoms with Gasteiger partial charge in [0.1, 0.15) is 5.82 Å². The first-order chi connectivity index (χ1) is 9.65. The van der Waals surface area contributed by atoms with Crippen molar-refractivity contribution in [2.24, 2.45) is 0 Å². The van der Waals surface area contributed by atoms with E-state index in [0.29, 0.717) is 18.8 Å². The number of anilines is 1. The van der Waals surface area contributed by atoms with Gasteiger partial charge >= 0.3 is 0 Å². The lowest BCUT2D eigenvalue weighted by atomic mass is 10.2. The Morgan fingerprint density at radius 1 is 1.55 bits per heavy atom. The van der Waals surface area contributed by atoms with Crippen LogP contribution in [0, 0.1) is 5.82 Å². The van der Waals surface area contributed by atoms with Crippen molar-refractivity contribution in [2.75, 3.05) is 31.7 Å². The first-order valence-electron chi connectivity index (χ1n) is 6.71. The molecular weight excluding hydrogens is 285 g/mol. The minimum absolute atomic E-state index is 0.0547. The summed E-state index contributed by atoms with van der Waals surface area (Å²) in [5.41, 5.74) is 0.662. The van der Waals surface area contributed by atoms with Gasteiger partial charge in [-0.05, 0) is 31.0 Å². The van der Waals surface area contributed by atoms with Crippen LogP contribution in [0.15, 0.2) is 18.2 Å².